The van der Waals surface area contributed by atoms with Gasteiger partial charge >= 0.3 is 0 Å². The number of carbonyl (C=O) groups is 2. The molecule has 4 rings (SSSR count). The molecule has 46 heavy (non-hydrogen) atoms. The zero-order valence-corrected chi connectivity index (χ0v) is 26.4. The maximum absolute atomic E-state index is 14.4. The molecule has 0 aliphatic carbocycles. The SMILES string of the molecule is CCCNC(=O)[C@@H](Cc1ccccc1)N(Cc1cccc(OC)c1)C(=O)CN(c1ccc([N+](=O)[O-])cc1)S(=O)(=O)c1ccccc1. The van der Waals surface area contributed by atoms with E-state index in [1.807, 2.05) is 37.3 Å². The first-order valence-electron chi connectivity index (χ1n) is 14.7. The summed E-state index contributed by atoms with van der Waals surface area (Å²) in [5, 5.41) is 14.2. The molecule has 0 bridgehead atoms. The number of anilines is 1. The number of benzene rings is 4. The lowest BCUT2D eigenvalue weighted by atomic mass is 10.0. The number of sulfonamides is 1. The number of methoxy groups -OCH3 is 1. The summed E-state index contributed by atoms with van der Waals surface area (Å²) in [4.78, 5) is 40.2. The van der Waals surface area contributed by atoms with Crippen molar-refractivity contribution in [3.63, 3.8) is 0 Å². The summed E-state index contributed by atoms with van der Waals surface area (Å²) in [5.74, 6) is -0.470. The molecule has 240 valence electrons. The second-order valence-electron chi connectivity index (χ2n) is 10.5. The van der Waals surface area contributed by atoms with E-state index in [1.165, 1.54) is 48.4 Å². The molecular formula is C34H36N4O7S. The number of non-ortho nitro benzene ring substituents is 1. The highest BCUT2D eigenvalue weighted by molar-refractivity contribution is 7.92. The molecule has 4 aromatic rings. The first-order valence-corrected chi connectivity index (χ1v) is 16.1. The van der Waals surface area contributed by atoms with E-state index in [-0.39, 0.29) is 35.1 Å². The van der Waals surface area contributed by atoms with Crippen LogP contribution in [0.5, 0.6) is 5.75 Å². The zero-order chi connectivity index (χ0) is 33.1. The molecule has 0 saturated heterocycles. The Morgan fingerprint density at radius 3 is 2.13 bits per heavy atom. The molecule has 2 amide bonds. The summed E-state index contributed by atoms with van der Waals surface area (Å²) in [6.07, 6.45) is 0.853. The van der Waals surface area contributed by atoms with Gasteiger partial charge in [-0.1, -0.05) is 67.6 Å². The smallest absolute Gasteiger partial charge is 0.269 e. The lowest BCUT2D eigenvalue weighted by molar-refractivity contribution is -0.384. The van der Waals surface area contributed by atoms with Gasteiger partial charge in [0.2, 0.25) is 11.8 Å². The van der Waals surface area contributed by atoms with E-state index in [9.17, 15) is 28.1 Å². The Kier molecular flexibility index (Phi) is 11.5. The van der Waals surface area contributed by atoms with Crippen LogP contribution in [0, 0.1) is 10.1 Å². The highest BCUT2D eigenvalue weighted by Crippen LogP contribution is 2.27. The molecule has 0 spiro atoms. The van der Waals surface area contributed by atoms with Gasteiger partial charge in [-0.2, -0.15) is 0 Å². The summed E-state index contributed by atoms with van der Waals surface area (Å²) in [5.41, 5.74) is 1.30. The van der Waals surface area contributed by atoms with Crippen molar-refractivity contribution in [2.24, 2.45) is 0 Å². The Bertz CT molecular complexity index is 1730. The molecule has 0 aliphatic rings. The normalized spacial score (nSPS) is 11.7. The monoisotopic (exact) mass is 644 g/mol. The molecule has 0 heterocycles. The summed E-state index contributed by atoms with van der Waals surface area (Å²) >= 11 is 0. The third-order valence-corrected chi connectivity index (χ3v) is 9.05. The molecule has 0 fully saturated rings. The number of nitrogens with zero attached hydrogens (tertiary/aromatic N) is 3. The number of nitrogens with one attached hydrogen (secondary N) is 1. The van der Waals surface area contributed by atoms with Crippen molar-refractivity contribution in [3.8, 4) is 5.75 Å². The predicted octanol–water partition coefficient (Wildman–Crippen LogP) is 4.97. The van der Waals surface area contributed by atoms with Crippen molar-refractivity contribution in [3.05, 3.63) is 130 Å². The number of rotatable bonds is 15. The van der Waals surface area contributed by atoms with Gasteiger partial charge in [-0.3, -0.25) is 24.0 Å². The maximum Gasteiger partial charge on any atom is 0.269 e. The van der Waals surface area contributed by atoms with Crippen molar-refractivity contribution in [2.45, 2.75) is 37.2 Å². The van der Waals surface area contributed by atoms with Gasteiger partial charge in [-0.25, -0.2) is 8.42 Å². The molecule has 4 aromatic carbocycles. The largest absolute Gasteiger partial charge is 0.497 e. The van der Waals surface area contributed by atoms with Crippen molar-refractivity contribution in [1.29, 1.82) is 0 Å². The van der Waals surface area contributed by atoms with Crippen LogP contribution in [0.15, 0.2) is 114 Å². The average Bonchev–Trinajstić information content (AvgIpc) is 3.08. The lowest BCUT2D eigenvalue weighted by Gasteiger charge is -2.34. The minimum absolute atomic E-state index is 0.0213. The van der Waals surface area contributed by atoms with Gasteiger partial charge in [0.05, 0.1) is 22.6 Å². The van der Waals surface area contributed by atoms with Crippen LogP contribution in [0.2, 0.25) is 0 Å². The van der Waals surface area contributed by atoms with Crippen LogP contribution in [0.3, 0.4) is 0 Å². The van der Waals surface area contributed by atoms with E-state index >= 15 is 0 Å². The first kappa shape index (κ1) is 33.7. The number of carbonyl (C=O) groups excluding carboxylic acids is 2. The van der Waals surface area contributed by atoms with Crippen molar-refractivity contribution in [1.82, 2.24) is 10.2 Å². The van der Waals surface area contributed by atoms with Gasteiger partial charge in [0.15, 0.2) is 0 Å². The summed E-state index contributed by atoms with van der Waals surface area (Å²) < 4.78 is 34.3. The summed E-state index contributed by atoms with van der Waals surface area (Å²) in [6.45, 7) is 1.61. The Labute approximate surface area is 268 Å². The van der Waals surface area contributed by atoms with E-state index in [0.29, 0.717) is 24.3 Å². The second-order valence-corrected chi connectivity index (χ2v) is 12.3. The van der Waals surface area contributed by atoms with Crippen LogP contribution in [-0.2, 0) is 32.6 Å². The highest BCUT2D eigenvalue weighted by Gasteiger charge is 2.34. The third kappa shape index (κ3) is 8.48. The Hall–Kier alpha value is -5.23. The minimum Gasteiger partial charge on any atom is -0.497 e. The van der Waals surface area contributed by atoms with Crippen LogP contribution in [-0.4, -0.2) is 56.3 Å². The third-order valence-electron chi connectivity index (χ3n) is 7.27. The van der Waals surface area contributed by atoms with Crippen LogP contribution in [0.4, 0.5) is 11.4 Å². The van der Waals surface area contributed by atoms with Gasteiger partial charge in [0, 0.05) is 31.6 Å². The fraction of sp³-hybridized carbons (Fsp3) is 0.235. The molecule has 1 atom stereocenters. The zero-order valence-electron chi connectivity index (χ0n) is 25.6. The van der Waals surface area contributed by atoms with E-state index in [2.05, 4.69) is 5.32 Å². The van der Waals surface area contributed by atoms with Crippen molar-refractivity contribution >= 4 is 33.2 Å². The molecule has 11 nitrogen and oxygen atoms in total. The number of hydrogen-bond acceptors (Lipinski definition) is 7. The predicted molar refractivity (Wildman–Crippen MR) is 175 cm³/mol. The fourth-order valence-corrected chi connectivity index (χ4v) is 6.31. The van der Waals surface area contributed by atoms with Gasteiger partial charge in [0.25, 0.3) is 15.7 Å². The summed E-state index contributed by atoms with van der Waals surface area (Å²) in [6, 6.07) is 27.8. The van der Waals surface area contributed by atoms with E-state index in [4.69, 9.17) is 4.74 Å². The number of amides is 2. The molecule has 0 radical (unpaired) electrons. The van der Waals surface area contributed by atoms with Crippen LogP contribution >= 0.6 is 0 Å². The minimum atomic E-state index is -4.32. The van der Waals surface area contributed by atoms with Gasteiger partial charge in [-0.05, 0) is 53.9 Å². The number of nitro groups is 1. The molecule has 0 saturated carbocycles. The Balaban J connectivity index is 1.81. The molecular weight excluding hydrogens is 608 g/mol. The maximum atomic E-state index is 14.4. The van der Waals surface area contributed by atoms with Crippen LogP contribution in [0.1, 0.15) is 24.5 Å². The van der Waals surface area contributed by atoms with Gasteiger partial charge in [-0.15, -0.1) is 0 Å². The Morgan fingerprint density at radius 1 is 0.891 bits per heavy atom. The van der Waals surface area contributed by atoms with Gasteiger partial charge < -0.3 is 15.0 Å². The van der Waals surface area contributed by atoms with Crippen LogP contribution < -0.4 is 14.4 Å². The first-order chi connectivity index (χ1) is 22.1. The van der Waals surface area contributed by atoms with Gasteiger partial charge in [0.1, 0.15) is 18.3 Å². The van der Waals surface area contributed by atoms with Crippen molar-refractivity contribution < 1.29 is 27.7 Å². The topological polar surface area (TPSA) is 139 Å². The fourth-order valence-electron chi connectivity index (χ4n) is 4.88. The van der Waals surface area contributed by atoms with E-state index in [0.717, 1.165) is 9.87 Å². The molecule has 0 unspecified atom stereocenters. The number of ether oxygens (including phenoxy) is 1. The second kappa shape index (κ2) is 15.7. The molecule has 0 aliphatic heterocycles. The quantitative estimate of drug-likeness (QED) is 0.143. The highest BCUT2D eigenvalue weighted by atomic mass is 32.2. The molecule has 0 aromatic heterocycles. The standard InChI is InChI=1S/C34H36N4O7S/c1-3-21-35-34(40)32(23-26-11-6-4-7-12-26)36(24-27-13-10-14-30(22-27)45-2)33(39)25-37(28-17-19-29(20-18-28)38(41)42)46(43,44)31-15-8-5-9-16-31/h4-20,22,32H,3,21,23-25H2,1-2H3,(H,35,40)/t32-/m1/s1. The average molecular weight is 645 g/mol. The van der Waals surface area contributed by atoms with Crippen molar-refractivity contribution in [2.75, 3.05) is 24.5 Å². The molecule has 1 N–H and O–H groups in total. The van der Waals surface area contributed by atoms with E-state index in [1.54, 1.807) is 42.5 Å². The molecule has 12 heteroatoms. The van der Waals surface area contributed by atoms with E-state index < -0.39 is 33.4 Å². The lowest BCUT2D eigenvalue weighted by Crippen LogP contribution is -2.53. The Morgan fingerprint density at radius 2 is 1.52 bits per heavy atom. The number of nitro benzene ring substituents is 1. The van der Waals surface area contributed by atoms with Crippen LogP contribution in [0.25, 0.3) is 0 Å². The number of hydrogen-bond donors (Lipinski definition) is 1. The summed E-state index contributed by atoms with van der Waals surface area (Å²) in [7, 11) is -2.80.